The first kappa shape index (κ1) is 38.5. The maximum Gasteiger partial charge on any atom is 0.469 e. The van der Waals surface area contributed by atoms with E-state index in [-0.39, 0.29) is 13.0 Å². The fourth-order valence-corrected chi connectivity index (χ4v) is 4.58. The van der Waals surface area contributed by atoms with E-state index in [1.165, 1.54) is 89.5 Å². The summed E-state index contributed by atoms with van der Waals surface area (Å²) in [6.45, 7) is 3.50. The van der Waals surface area contributed by atoms with Crippen LogP contribution in [0.1, 0.15) is 142 Å². The van der Waals surface area contributed by atoms with Crippen LogP contribution < -0.4 is 0 Å². The van der Waals surface area contributed by atoms with Crippen molar-refractivity contribution in [1.29, 1.82) is 0 Å². The summed E-state index contributed by atoms with van der Waals surface area (Å²) in [5.41, 5.74) is 0. The van der Waals surface area contributed by atoms with Crippen LogP contribution in [-0.4, -0.2) is 41.0 Å². The summed E-state index contributed by atoms with van der Waals surface area (Å²) >= 11 is 0. The Morgan fingerprint density at radius 1 is 0.700 bits per heavy atom. The number of unbranched alkanes of at least 4 members (excludes halogenated alkanes) is 17. The van der Waals surface area contributed by atoms with Crippen molar-refractivity contribution in [2.75, 3.05) is 13.2 Å². The van der Waals surface area contributed by atoms with E-state index in [0.717, 1.165) is 32.1 Å². The predicted octanol–water partition coefficient (Wildman–Crippen LogP) is 8.50. The second-order valence-corrected chi connectivity index (χ2v) is 11.8. The van der Waals surface area contributed by atoms with Crippen LogP contribution in [0.25, 0.3) is 0 Å². The Labute approximate surface area is 243 Å². The Kier molecular flexibility index (Phi) is 26.7. The summed E-state index contributed by atoms with van der Waals surface area (Å²) in [7, 11) is -4.76. The highest BCUT2D eigenvalue weighted by molar-refractivity contribution is 7.46. The number of esters is 2. The summed E-state index contributed by atoms with van der Waals surface area (Å²) in [5.74, 6) is -1.14. The van der Waals surface area contributed by atoms with Gasteiger partial charge in [0.1, 0.15) is 6.61 Å². The first-order chi connectivity index (χ1) is 19.3. The van der Waals surface area contributed by atoms with E-state index < -0.39 is 32.5 Å². The molecular weight excluding hydrogens is 531 g/mol. The van der Waals surface area contributed by atoms with Crippen molar-refractivity contribution in [1.82, 2.24) is 0 Å². The third-order valence-corrected chi connectivity index (χ3v) is 7.07. The maximum atomic E-state index is 12.1. The fourth-order valence-electron chi connectivity index (χ4n) is 4.22. The molecule has 0 aromatic carbocycles. The highest BCUT2D eigenvalue weighted by Crippen LogP contribution is 2.35. The molecule has 40 heavy (non-hydrogen) atoms. The Morgan fingerprint density at radius 3 is 1.73 bits per heavy atom. The number of hydrogen-bond donors (Lipinski definition) is 2. The molecule has 0 unspecified atom stereocenters. The minimum Gasteiger partial charge on any atom is -0.462 e. The van der Waals surface area contributed by atoms with Gasteiger partial charge in [-0.2, -0.15) is 0 Å². The second kappa shape index (κ2) is 27.7. The van der Waals surface area contributed by atoms with E-state index in [2.05, 4.69) is 18.4 Å². The second-order valence-electron chi connectivity index (χ2n) is 10.5. The molecule has 0 aromatic heterocycles. The molecule has 0 amide bonds. The molecule has 0 fully saturated rings. The Morgan fingerprint density at radius 2 is 1.20 bits per heavy atom. The zero-order valence-corrected chi connectivity index (χ0v) is 26.1. The number of phosphoric ester groups is 1. The molecule has 0 aliphatic rings. The fraction of sp³-hybridized carbons (Fsp3) is 0.806. The standard InChI is InChI=1S/C31H57O8P/c1-3-5-7-9-11-12-13-14-15-16-17-18-20-22-24-26-31(33)39-29(28-38-40(34,35)36)27-37-30(32)25-23-21-19-10-8-6-4-2/h20,22,24,26,29H,3-19,21,23,25,27-28H2,1-2H3,(H2,34,35,36)/b22-20+,26-24+/t29-/m1/s1. The molecule has 0 aliphatic heterocycles. The molecule has 0 aliphatic carbocycles. The van der Waals surface area contributed by atoms with Gasteiger partial charge in [-0.1, -0.05) is 135 Å². The lowest BCUT2D eigenvalue weighted by molar-refractivity contribution is -0.157. The van der Waals surface area contributed by atoms with Crippen molar-refractivity contribution in [3.8, 4) is 0 Å². The van der Waals surface area contributed by atoms with Gasteiger partial charge in [0.2, 0.25) is 0 Å². The van der Waals surface area contributed by atoms with Gasteiger partial charge in [-0.3, -0.25) is 9.32 Å². The van der Waals surface area contributed by atoms with Gasteiger partial charge >= 0.3 is 19.8 Å². The van der Waals surface area contributed by atoms with Gasteiger partial charge in [-0.05, 0) is 19.3 Å². The van der Waals surface area contributed by atoms with E-state index >= 15 is 0 Å². The van der Waals surface area contributed by atoms with Crippen LogP contribution in [-0.2, 0) is 28.2 Å². The SMILES string of the molecule is CCCCCCCCCCCCC/C=C/C=C/C(=O)O[C@H](COC(=O)CCCCCCCCC)COP(=O)(O)O. The molecule has 0 saturated carbocycles. The topological polar surface area (TPSA) is 119 Å². The van der Waals surface area contributed by atoms with Gasteiger partial charge < -0.3 is 19.3 Å². The normalized spacial score (nSPS) is 12.8. The van der Waals surface area contributed by atoms with Gasteiger partial charge in [0.05, 0.1) is 6.61 Å². The maximum absolute atomic E-state index is 12.1. The van der Waals surface area contributed by atoms with Crippen LogP contribution in [0, 0.1) is 0 Å². The van der Waals surface area contributed by atoms with E-state index in [0.29, 0.717) is 6.42 Å². The Bertz CT molecular complexity index is 716. The third-order valence-electron chi connectivity index (χ3n) is 6.58. The van der Waals surface area contributed by atoms with Crippen LogP contribution in [0.4, 0.5) is 0 Å². The lowest BCUT2D eigenvalue weighted by Gasteiger charge is -2.17. The number of hydrogen-bond acceptors (Lipinski definition) is 6. The lowest BCUT2D eigenvalue weighted by Crippen LogP contribution is -2.29. The summed E-state index contributed by atoms with van der Waals surface area (Å²) in [6, 6.07) is 0. The molecule has 0 heterocycles. The summed E-state index contributed by atoms with van der Waals surface area (Å²) in [4.78, 5) is 42.1. The van der Waals surface area contributed by atoms with Gasteiger partial charge in [0.15, 0.2) is 6.10 Å². The van der Waals surface area contributed by atoms with Crippen LogP contribution in [0.3, 0.4) is 0 Å². The van der Waals surface area contributed by atoms with Crippen molar-refractivity contribution in [2.45, 2.75) is 148 Å². The quantitative estimate of drug-likeness (QED) is 0.0307. The van der Waals surface area contributed by atoms with E-state index in [1.54, 1.807) is 12.2 Å². The molecule has 2 N–H and O–H groups in total. The highest BCUT2D eigenvalue weighted by Gasteiger charge is 2.22. The third kappa shape index (κ3) is 29.5. The molecule has 0 bridgehead atoms. The molecule has 9 heteroatoms. The van der Waals surface area contributed by atoms with Crippen molar-refractivity contribution < 1.29 is 37.9 Å². The average Bonchev–Trinajstić information content (AvgIpc) is 2.91. The van der Waals surface area contributed by atoms with Crippen molar-refractivity contribution in [2.24, 2.45) is 0 Å². The molecule has 0 saturated heterocycles. The summed E-state index contributed by atoms with van der Waals surface area (Å²) in [5, 5.41) is 0. The van der Waals surface area contributed by atoms with Gasteiger partial charge in [-0.15, -0.1) is 0 Å². The largest absolute Gasteiger partial charge is 0.469 e. The average molecular weight is 589 g/mol. The van der Waals surface area contributed by atoms with E-state index in [4.69, 9.17) is 19.3 Å². The zero-order chi connectivity index (χ0) is 29.7. The molecular formula is C31H57O8P. The number of ether oxygens (including phenoxy) is 2. The Hall–Kier alpha value is -1.47. The number of allylic oxidation sites excluding steroid dienone is 3. The number of carbonyl (C=O) groups excluding carboxylic acids is 2. The van der Waals surface area contributed by atoms with Gasteiger partial charge in [0, 0.05) is 12.5 Å². The molecule has 0 spiro atoms. The number of rotatable bonds is 28. The minimum atomic E-state index is -4.76. The van der Waals surface area contributed by atoms with Crippen molar-refractivity contribution in [3.63, 3.8) is 0 Å². The van der Waals surface area contributed by atoms with Crippen molar-refractivity contribution in [3.05, 3.63) is 24.3 Å². The smallest absolute Gasteiger partial charge is 0.462 e. The first-order valence-corrected chi connectivity index (χ1v) is 17.2. The number of carbonyl (C=O) groups is 2. The molecule has 0 radical (unpaired) electrons. The molecule has 8 nitrogen and oxygen atoms in total. The van der Waals surface area contributed by atoms with E-state index in [9.17, 15) is 14.2 Å². The highest BCUT2D eigenvalue weighted by atomic mass is 31.2. The first-order valence-electron chi connectivity index (χ1n) is 15.7. The monoisotopic (exact) mass is 588 g/mol. The summed E-state index contributed by atoms with van der Waals surface area (Å²) < 4.78 is 25.9. The lowest BCUT2D eigenvalue weighted by atomic mass is 10.1. The minimum absolute atomic E-state index is 0.248. The molecule has 0 rings (SSSR count). The van der Waals surface area contributed by atoms with Crippen LogP contribution >= 0.6 is 7.82 Å². The molecule has 234 valence electrons. The van der Waals surface area contributed by atoms with Crippen LogP contribution in [0.5, 0.6) is 0 Å². The molecule has 0 aromatic rings. The van der Waals surface area contributed by atoms with E-state index in [1.807, 2.05) is 6.08 Å². The van der Waals surface area contributed by atoms with Crippen LogP contribution in [0.2, 0.25) is 0 Å². The van der Waals surface area contributed by atoms with Crippen LogP contribution in [0.15, 0.2) is 24.3 Å². The number of phosphoric acid groups is 1. The summed E-state index contributed by atoms with van der Waals surface area (Å²) in [6.07, 6.45) is 28.4. The zero-order valence-electron chi connectivity index (χ0n) is 25.2. The van der Waals surface area contributed by atoms with Crippen molar-refractivity contribution >= 4 is 19.8 Å². The molecule has 1 atom stereocenters. The van der Waals surface area contributed by atoms with Gasteiger partial charge in [0.25, 0.3) is 0 Å². The van der Waals surface area contributed by atoms with Gasteiger partial charge in [-0.25, -0.2) is 9.36 Å². The Balaban J connectivity index is 4.14. The predicted molar refractivity (Wildman–Crippen MR) is 161 cm³/mol.